The zero-order valence-corrected chi connectivity index (χ0v) is 13.5. The Balaban J connectivity index is 1.85. The average molecular weight is 300 g/mol. The second-order valence-corrected chi connectivity index (χ2v) is 6.97. The monoisotopic (exact) mass is 300 g/mol. The van der Waals surface area contributed by atoms with Crippen LogP contribution >= 0.6 is 0 Å². The van der Waals surface area contributed by atoms with Crippen LogP contribution in [-0.2, 0) is 9.59 Å². The molecule has 2 aliphatic rings. The zero-order valence-electron chi connectivity index (χ0n) is 13.5. The molecule has 1 aliphatic carbocycles. The van der Waals surface area contributed by atoms with E-state index in [0.717, 1.165) is 13.1 Å². The second kappa shape index (κ2) is 5.75. The molecule has 1 heterocycles. The molecule has 0 radical (unpaired) electrons. The number of fused-ring (bicyclic) bond motifs is 3. The summed E-state index contributed by atoms with van der Waals surface area (Å²) in [5.41, 5.74) is 2.53. The molecular weight excluding hydrogens is 276 g/mol. The van der Waals surface area contributed by atoms with Crippen LogP contribution in [0.15, 0.2) is 24.3 Å². The van der Waals surface area contributed by atoms with Crippen LogP contribution in [0.1, 0.15) is 50.3 Å². The number of nitrogens with zero attached hydrogens (tertiary/aromatic N) is 1. The van der Waals surface area contributed by atoms with E-state index in [0.29, 0.717) is 24.2 Å². The molecule has 2 amide bonds. The van der Waals surface area contributed by atoms with Crippen LogP contribution in [0, 0.1) is 11.8 Å². The number of carbonyl (C=O) groups excluding carboxylic acids is 2. The lowest BCUT2D eigenvalue weighted by atomic mass is 9.94. The molecule has 3 atom stereocenters. The first-order chi connectivity index (χ1) is 10.5. The third-order valence-corrected chi connectivity index (χ3v) is 4.88. The minimum atomic E-state index is 0.0387. The van der Waals surface area contributed by atoms with Crippen LogP contribution in [0.25, 0.3) is 0 Å². The summed E-state index contributed by atoms with van der Waals surface area (Å²) in [6.07, 6.45) is 0.548. The van der Waals surface area contributed by atoms with E-state index in [4.69, 9.17) is 0 Å². The molecule has 22 heavy (non-hydrogen) atoms. The molecule has 0 aromatic heterocycles. The van der Waals surface area contributed by atoms with E-state index in [1.54, 1.807) is 6.92 Å². The summed E-state index contributed by atoms with van der Waals surface area (Å²) in [6, 6.07) is 8.38. The van der Waals surface area contributed by atoms with Gasteiger partial charge in [-0.15, -0.1) is 0 Å². The molecule has 0 bridgehead atoms. The van der Waals surface area contributed by atoms with E-state index >= 15 is 0 Å². The Morgan fingerprint density at radius 1 is 1.23 bits per heavy atom. The fourth-order valence-corrected chi connectivity index (χ4v) is 3.90. The number of benzene rings is 1. The quantitative estimate of drug-likeness (QED) is 0.932. The zero-order chi connectivity index (χ0) is 15.9. The molecule has 3 rings (SSSR count). The number of amides is 2. The highest BCUT2D eigenvalue weighted by Crippen LogP contribution is 2.49. The topological polar surface area (TPSA) is 49.4 Å². The highest BCUT2D eigenvalue weighted by atomic mass is 16.2. The molecule has 0 saturated carbocycles. The SMILES string of the molecule is CC(=O)N1C[C@H]2[C@@H](C1)c1ccccc1[C@@H]2NC(=O)CC(C)C. The molecule has 1 saturated heterocycles. The largest absolute Gasteiger partial charge is 0.349 e. The molecular formula is C18H24N2O2. The summed E-state index contributed by atoms with van der Waals surface area (Å²) in [6.45, 7) is 7.24. The first kappa shape index (κ1) is 15.1. The van der Waals surface area contributed by atoms with Gasteiger partial charge in [0.25, 0.3) is 0 Å². The Kier molecular flexibility index (Phi) is 3.94. The Morgan fingerprint density at radius 2 is 1.91 bits per heavy atom. The van der Waals surface area contributed by atoms with Crippen LogP contribution in [0.4, 0.5) is 0 Å². The fourth-order valence-electron chi connectivity index (χ4n) is 3.90. The standard InChI is InChI=1S/C18H24N2O2/c1-11(2)8-17(22)19-18-14-7-5-4-6-13(14)15-9-20(12(3)21)10-16(15)18/h4-7,11,15-16,18H,8-10H2,1-3H3,(H,19,22)/t15-,16-,18-/m0/s1. The van der Waals surface area contributed by atoms with Crippen molar-refractivity contribution in [1.29, 1.82) is 0 Å². The van der Waals surface area contributed by atoms with E-state index in [1.807, 2.05) is 17.0 Å². The van der Waals surface area contributed by atoms with Gasteiger partial charge >= 0.3 is 0 Å². The van der Waals surface area contributed by atoms with Crippen molar-refractivity contribution in [2.75, 3.05) is 13.1 Å². The number of carbonyl (C=O) groups is 2. The lowest BCUT2D eigenvalue weighted by molar-refractivity contribution is -0.128. The van der Waals surface area contributed by atoms with E-state index < -0.39 is 0 Å². The predicted octanol–water partition coefficient (Wildman–Crippen LogP) is 2.47. The Labute approximate surface area is 131 Å². The van der Waals surface area contributed by atoms with E-state index in [9.17, 15) is 9.59 Å². The summed E-state index contributed by atoms with van der Waals surface area (Å²) in [4.78, 5) is 25.8. The summed E-state index contributed by atoms with van der Waals surface area (Å²) < 4.78 is 0. The summed E-state index contributed by atoms with van der Waals surface area (Å²) in [5.74, 6) is 1.24. The van der Waals surface area contributed by atoms with Gasteiger partial charge in [-0.2, -0.15) is 0 Å². The van der Waals surface area contributed by atoms with Crippen molar-refractivity contribution >= 4 is 11.8 Å². The van der Waals surface area contributed by atoms with Gasteiger partial charge in [0, 0.05) is 38.3 Å². The first-order valence-electron chi connectivity index (χ1n) is 8.11. The van der Waals surface area contributed by atoms with Gasteiger partial charge in [-0.1, -0.05) is 38.1 Å². The molecule has 0 unspecified atom stereocenters. The third kappa shape index (κ3) is 2.62. The van der Waals surface area contributed by atoms with Crippen molar-refractivity contribution in [3.63, 3.8) is 0 Å². The predicted molar refractivity (Wildman–Crippen MR) is 85.3 cm³/mol. The molecule has 4 heteroatoms. The summed E-state index contributed by atoms with van der Waals surface area (Å²) >= 11 is 0. The second-order valence-electron chi connectivity index (χ2n) is 6.97. The molecule has 4 nitrogen and oxygen atoms in total. The normalized spacial score (nSPS) is 26.0. The van der Waals surface area contributed by atoms with Crippen molar-refractivity contribution in [3.8, 4) is 0 Å². The minimum Gasteiger partial charge on any atom is -0.349 e. The van der Waals surface area contributed by atoms with E-state index in [-0.39, 0.29) is 17.9 Å². The van der Waals surface area contributed by atoms with Gasteiger partial charge in [-0.05, 0) is 17.0 Å². The van der Waals surface area contributed by atoms with Crippen molar-refractivity contribution in [2.24, 2.45) is 11.8 Å². The summed E-state index contributed by atoms with van der Waals surface area (Å²) in [5, 5.41) is 3.22. The van der Waals surface area contributed by atoms with Crippen LogP contribution in [-0.4, -0.2) is 29.8 Å². The number of likely N-dealkylation sites (tertiary alicyclic amines) is 1. The van der Waals surface area contributed by atoms with Crippen LogP contribution < -0.4 is 5.32 Å². The molecule has 1 aromatic rings. The van der Waals surface area contributed by atoms with Gasteiger partial charge in [-0.3, -0.25) is 9.59 Å². The Bertz CT molecular complexity index is 597. The van der Waals surface area contributed by atoms with Crippen molar-refractivity contribution < 1.29 is 9.59 Å². The van der Waals surface area contributed by atoms with Gasteiger partial charge in [0.05, 0.1) is 6.04 Å². The maximum Gasteiger partial charge on any atom is 0.220 e. The van der Waals surface area contributed by atoms with Crippen LogP contribution in [0.2, 0.25) is 0 Å². The summed E-state index contributed by atoms with van der Waals surface area (Å²) in [7, 11) is 0. The molecule has 1 N–H and O–H groups in total. The maximum atomic E-state index is 12.2. The number of rotatable bonds is 3. The molecule has 1 aromatic carbocycles. The maximum absolute atomic E-state index is 12.2. The smallest absolute Gasteiger partial charge is 0.220 e. The molecule has 1 aliphatic heterocycles. The van der Waals surface area contributed by atoms with Crippen molar-refractivity contribution in [2.45, 2.75) is 39.2 Å². The molecule has 1 fully saturated rings. The number of hydrogen-bond donors (Lipinski definition) is 1. The number of hydrogen-bond acceptors (Lipinski definition) is 2. The highest BCUT2D eigenvalue weighted by molar-refractivity contribution is 5.77. The van der Waals surface area contributed by atoms with E-state index in [2.05, 4.69) is 31.3 Å². The number of nitrogens with one attached hydrogen (secondary N) is 1. The van der Waals surface area contributed by atoms with Crippen molar-refractivity contribution in [3.05, 3.63) is 35.4 Å². The van der Waals surface area contributed by atoms with Gasteiger partial charge < -0.3 is 10.2 Å². The Morgan fingerprint density at radius 3 is 2.55 bits per heavy atom. The van der Waals surface area contributed by atoms with Gasteiger partial charge in [-0.25, -0.2) is 0 Å². The molecule has 0 spiro atoms. The van der Waals surface area contributed by atoms with E-state index in [1.165, 1.54) is 11.1 Å². The van der Waals surface area contributed by atoms with Crippen molar-refractivity contribution in [1.82, 2.24) is 10.2 Å². The minimum absolute atomic E-state index is 0.0387. The lowest BCUT2D eigenvalue weighted by Gasteiger charge is -2.23. The van der Waals surface area contributed by atoms with Crippen LogP contribution in [0.5, 0.6) is 0 Å². The average Bonchev–Trinajstić information content (AvgIpc) is 2.98. The molecule has 118 valence electrons. The van der Waals surface area contributed by atoms with Gasteiger partial charge in [0.15, 0.2) is 0 Å². The van der Waals surface area contributed by atoms with Gasteiger partial charge in [0.2, 0.25) is 11.8 Å². The lowest BCUT2D eigenvalue weighted by Crippen LogP contribution is -2.35. The third-order valence-electron chi connectivity index (χ3n) is 4.88. The highest BCUT2D eigenvalue weighted by Gasteiger charge is 2.47. The fraction of sp³-hybridized carbons (Fsp3) is 0.556. The van der Waals surface area contributed by atoms with Crippen LogP contribution in [0.3, 0.4) is 0 Å². The Hall–Kier alpha value is -1.84. The first-order valence-corrected chi connectivity index (χ1v) is 8.11. The van der Waals surface area contributed by atoms with Gasteiger partial charge in [0.1, 0.15) is 0 Å².